The summed E-state index contributed by atoms with van der Waals surface area (Å²) < 4.78 is 32.3. The Labute approximate surface area is 41.5 Å². The van der Waals surface area contributed by atoms with E-state index < -0.39 is 11.5 Å². The Morgan fingerprint density at radius 3 is 1.67 bits per heavy atom. The highest BCUT2D eigenvalue weighted by Crippen LogP contribution is 2.19. The number of rotatable bonds is 1. The smallest absolute Gasteiger partial charge is 0.220 e. The fourth-order valence-electron chi connectivity index (χ4n) is 0. The third-order valence-electron chi connectivity index (χ3n) is 0.165. The second-order valence-electron chi connectivity index (χ2n) is 0.590. The lowest BCUT2D eigenvalue weighted by molar-refractivity contribution is 0.145. The van der Waals surface area contributed by atoms with Gasteiger partial charge in [-0.1, -0.05) is 0 Å². The molecule has 1 radical (unpaired) electrons. The van der Waals surface area contributed by atoms with Gasteiger partial charge in [0.25, 0.3) is 11.5 Å². The molecule has 0 atom stereocenters. The molecule has 0 unspecified atom stereocenters. The van der Waals surface area contributed by atoms with E-state index >= 15 is 0 Å². The van der Waals surface area contributed by atoms with Crippen molar-refractivity contribution in [2.24, 2.45) is 0 Å². The van der Waals surface area contributed by atoms with E-state index in [9.17, 15) is 13.2 Å². The van der Waals surface area contributed by atoms with Gasteiger partial charge in [0, 0.05) is 0 Å². The second kappa shape index (κ2) is 2.44. The quantitative estimate of drug-likeness (QED) is 0.553. The van der Waals surface area contributed by atoms with Crippen molar-refractivity contribution in [1.29, 1.82) is 0 Å². The first-order valence-corrected chi connectivity index (χ1v) is 1.90. The van der Waals surface area contributed by atoms with Crippen LogP contribution in [0.4, 0.5) is 13.2 Å². The molecule has 37 valence electrons. The average molecular weight is 162 g/mol. The molecule has 0 spiro atoms. The van der Waals surface area contributed by atoms with Gasteiger partial charge in [-0.15, -0.1) is 0 Å². The average Bonchev–Trinajstić information content (AvgIpc) is 1.36. The molecule has 0 bridgehead atoms. The zero-order valence-electron chi connectivity index (χ0n) is 2.59. The lowest BCUT2D eigenvalue weighted by atomic mass is 10.8. The summed E-state index contributed by atoms with van der Waals surface area (Å²) in [5.74, 6) is 0. The predicted octanol–water partition coefficient (Wildman–Crippen LogP) is 2.11. The first-order valence-electron chi connectivity index (χ1n) is 1.10. The molecule has 0 N–H and O–H groups in total. The Balaban J connectivity index is 2.99. The molecule has 0 aromatic heterocycles. The van der Waals surface area contributed by atoms with Crippen LogP contribution in [0.5, 0.6) is 0 Å². The molecule has 0 aliphatic rings. The van der Waals surface area contributed by atoms with Crippen LogP contribution in [0, 0.1) is 5.08 Å². The largest absolute Gasteiger partial charge is 0.286 e. The first-order chi connectivity index (χ1) is 2.64. The van der Waals surface area contributed by atoms with Gasteiger partial charge in [-0.25, -0.2) is 13.2 Å². The van der Waals surface area contributed by atoms with Gasteiger partial charge in [-0.2, -0.15) is 0 Å². The zero-order chi connectivity index (χ0) is 5.15. The minimum Gasteiger partial charge on any atom is -0.220 e. The van der Waals surface area contributed by atoms with Crippen LogP contribution in [0.3, 0.4) is 0 Å². The monoisotopic (exact) mass is 161 g/mol. The van der Waals surface area contributed by atoms with E-state index in [4.69, 9.17) is 0 Å². The van der Waals surface area contributed by atoms with E-state index in [1.807, 2.05) is 15.9 Å². The maximum atomic E-state index is 10.9. The van der Waals surface area contributed by atoms with Crippen LogP contribution in [0.15, 0.2) is 0 Å². The fraction of sp³-hybridized carbons (Fsp3) is 0.500. The van der Waals surface area contributed by atoms with Gasteiger partial charge >= 0.3 is 0 Å². The highest BCUT2D eigenvalue weighted by atomic mass is 79.9. The zero-order valence-corrected chi connectivity index (χ0v) is 4.18. The van der Waals surface area contributed by atoms with E-state index in [0.29, 0.717) is 0 Å². The van der Waals surface area contributed by atoms with Crippen LogP contribution in [0.1, 0.15) is 0 Å². The number of alkyl halides is 2. The van der Waals surface area contributed by atoms with Crippen molar-refractivity contribution in [2.45, 2.75) is 6.43 Å². The van der Waals surface area contributed by atoms with Crippen molar-refractivity contribution in [2.75, 3.05) is 0 Å². The van der Waals surface area contributed by atoms with Crippen LogP contribution in [-0.2, 0) is 0 Å². The minimum atomic E-state index is -2.98. The van der Waals surface area contributed by atoms with Crippen molar-refractivity contribution in [1.82, 2.24) is 0 Å². The van der Waals surface area contributed by atoms with E-state index in [0.717, 1.165) is 0 Å². The van der Waals surface area contributed by atoms with Gasteiger partial charge in [0.05, 0.1) is 0 Å². The van der Waals surface area contributed by atoms with Crippen LogP contribution in [0.25, 0.3) is 0 Å². The van der Waals surface area contributed by atoms with Crippen LogP contribution in [0.2, 0.25) is 0 Å². The summed E-state index contributed by atoms with van der Waals surface area (Å²) in [6.45, 7) is 0. The van der Waals surface area contributed by atoms with Crippen LogP contribution >= 0.6 is 15.9 Å². The Bertz CT molecular complexity index is 29.8. The summed E-state index contributed by atoms with van der Waals surface area (Å²) in [5, 5.41) is -1.51. The summed E-state index contributed by atoms with van der Waals surface area (Å²) in [4.78, 5) is 0. The molecule has 0 saturated carbocycles. The molecular formula is C2HBrF3. The first kappa shape index (κ1) is 6.27. The van der Waals surface area contributed by atoms with E-state index in [1.165, 1.54) is 0 Å². The molecule has 0 aliphatic heterocycles. The normalized spacial score (nSPS) is 11.0. The molecule has 6 heavy (non-hydrogen) atoms. The fourth-order valence-corrected chi connectivity index (χ4v) is 0. The third kappa shape index (κ3) is 2.50. The molecule has 0 saturated heterocycles. The van der Waals surface area contributed by atoms with E-state index in [2.05, 4.69) is 0 Å². The topological polar surface area (TPSA) is 0 Å². The standard InChI is InChI=1S/C2HBrF3/c3-1(4)2(5)6/h2H. The maximum absolute atomic E-state index is 10.9. The minimum absolute atomic E-state index is 1.51. The SMILES string of the molecule is F[C](Br)C(F)F. The molecular weight excluding hydrogens is 161 g/mol. The second-order valence-corrected chi connectivity index (χ2v) is 1.35. The number of hydrogen-bond donors (Lipinski definition) is 0. The Morgan fingerprint density at radius 2 is 1.67 bits per heavy atom. The van der Waals surface area contributed by atoms with Crippen molar-refractivity contribution in [3.05, 3.63) is 5.08 Å². The van der Waals surface area contributed by atoms with Crippen molar-refractivity contribution < 1.29 is 13.2 Å². The summed E-state index contributed by atoms with van der Waals surface area (Å²) in [5.41, 5.74) is 0. The molecule has 4 heteroatoms. The highest BCUT2D eigenvalue weighted by Gasteiger charge is 2.15. The Hall–Kier alpha value is 0.270. The Kier molecular flexibility index (Phi) is 2.55. The highest BCUT2D eigenvalue weighted by molar-refractivity contribution is 9.11. The van der Waals surface area contributed by atoms with Gasteiger partial charge in [-0.05, 0) is 15.9 Å². The third-order valence-corrected chi connectivity index (χ3v) is 0.511. The van der Waals surface area contributed by atoms with E-state index in [-0.39, 0.29) is 0 Å². The molecule has 0 heterocycles. The van der Waals surface area contributed by atoms with Gasteiger partial charge in [-0.3, -0.25) is 0 Å². The number of hydrogen-bond acceptors (Lipinski definition) is 0. The summed E-state index contributed by atoms with van der Waals surface area (Å²) >= 11 is 1.94. The lowest BCUT2D eigenvalue weighted by Gasteiger charge is -1.89. The maximum Gasteiger partial charge on any atom is 0.286 e. The van der Waals surface area contributed by atoms with Crippen LogP contribution in [-0.4, -0.2) is 6.43 Å². The summed E-state index contributed by atoms with van der Waals surface area (Å²) in [6, 6.07) is 0. The molecule has 0 fully saturated rings. The van der Waals surface area contributed by atoms with Crippen molar-refractivity contribution in [3.63, 3.8) is 0 Å². The van der Waals surface area contributed by atoms with Gasteiger partial charge < -0.3 is 0 Å². The molecule has 0 amide bonds. The number of halogens is 4. The molecule has 0 aromatic rings. The van der Waals surface area contributed by atoms with Gasteiger partial charge in [0.15, 0.2) is 0 Å². The molecule has 0 nitrogen and oxygen atoms in total. The van der Waals surface area contributed by atoms with Crippen molar-refractivity contribution in [3.8, 4) is 0 Å². The van der Waals surface area contributed by atoms with Crippen molar-refractivity contribution >= 4 is 15.9 Å². The molecule has 0 rings (SSSR count). The molecule has 0 aliphatic carbocycles. The predicted molar refractivity (Wildman–Crippen MR) is 19.3 cm³/mol. The van der Waals surface area contributed by atoms with Gasteiger partial charge in [0.1, 0.15) is 0 Å². The Morgan fingerprint density at radius 1 is 1.50 bits per heavy atom. The molecule has 0 aromatic carbocycles. The summed E-state index contributed by atoms with van der Waals surface area (Å²) in [7, 11) is 0. The van der Waals surface area contributed by atoms with E-state index in [1.54, 1.807) is 0 Å². The lowest BCUT2D eigenvalue weighted by Crippen LogP contribution is -1.90. The van der Waals surface area contributed by atoms with Gasteiger partial charge in [0.2, 0.25) is 0 Å². The summed E-state index contributed by atoms with van der Waals surface area (Å²) in [6.07, 6.45) is -2.98. The van der Waals surface area contributed by atoms with Crippen LogP contribution < -0.4 is 0 Å².